The lowest BCUT2D eigenvalue weighted by Gasteiger charge is -2.28. The minimum absolute atomic E-state index is 0.644. The average Bonchev–Trinajstić information content (AvgIpc) is 3.05. The van der Waals surface area contributed by atoms with Gasteiger partial charge in [0.1, 0.15) is 11.3 Å². The lowest BCUT2D eigenvalue weighted by atomic mass is 9.93. The van der Waals surface area contributed by atoms with E-state index in [0.717, 1.165) is 30.0 Å². The summed E-state index contributed by atoms with van der Waals surface area (Å²) in [4.78, 5) is 0. The fraction of sp³-hybridized carbons (Fsp3) is 0.353. The van der Waals surface area contributed by atoms with Crippen molar-refractivity contribution in [2.24, 2.45) is 0 Å². The van der Waals surface area contributed by atoms with E-state index in [-0.39, 0.29) is 0 Å². The summed E-state index contributed by atoms with van der Waals surface area (Å²) in [5.74, 6) is 2.40. The highest BCUT2D eigenvalue weighted by Gasteiger charge is 2.31. The van der Waals surface area contributed by atoms with Crippen LogP contribution in [0.2, 0.25) is 0 Å². The Kier molecular flexibility index (Phi) is 5.91. The van der Waals surface area contributed by atoms with Gasteiger partial charge in [0, 0.05) is 5.75 Å². The normalized spacial score (nSPS) is 13.5. The van der Waals surface area contributed by atoms with Gasteiger partial charge in [-0.1, -0.05) is 37.3 Å². The quantitative estimate of drug-likeness (QED) is 0.802. The van der Waals surface area contributed by atoms with Gasteiger partial charge in [0.05, 0.1) is 18.1 Å². The van der Waals surface area contributed by atoms with Crippen molar-refractivity contribution in [3.8, 4) is 6.07 Å². The summed E-state index contributed by atoms with van der Waals surface area (Å²) in [7, 11) is 0. The number of rotatable bonds is 8. The molecule has 1 heterocycles. The van der Waals surface area contributed by atoms with Gasteiger partial charge in [0.15, 0.2) is 0 Å². The van der Waals surface area contributed by atoms with E-state index in [1.165, 1.54) is 0 Å². The minimum Gasteiger partial charge on any atom is -0.468 e. The van der Waals surface area contributed by atoms with Crippen LogP contribution >= 0.6 is 11.8 Å². The number of furan rings is 1. The van der Waals surface area contributed by atoms with Gasteiger partial charge in [-0.25, -0.2) is 0 Å². The number of hydrogen-bond donors (Lipinski definition) is 1. The molecule has 2 aromatic rings. The molecule has 0 amide bonds. The molecule has 0 saturated heterocycles. The molecule has 0 saturated carbocycles. The van der Waals surface area contributed by atoms with Gasteiger partial charge in [0.2, 0.25) is 0 Å². The first kappa shape index (κ1) is 15.7. The van der Waals surface area contributed by atoms with Crippen molar-refractivity contribution in [1.82, 2.24) is 5.32 Å². The van der Waals surface area contributed by atoms with Crippen LogP contribution in [-0.4, -0.2) is 12.3 Å². The number of thioether (sulfide) groups is 1. The van der Waals surface area contributed by atoms with Crippen molar-refractivity contribution < 1.29 is 4.42 Å². The first-order chi connectivity index (χ1) is 10.3. The number of hydrogen-bond acceptors (Lipinski definition) is 4. The molecular weight excluding hydrogens is 280 g/mol. The van der Waals surface area contributed by atoms with E-state index in [9.17, 15) is 5.26 Å². The second kappa shape index (κ2) is 7.92. The Balaban J connectivity index is 2.09. The van der Waals surface area contributed by atoms with Crippen LogP contribution in [0.5, 0.6) is 0 Å². The summed E-state index contributed by atoms with van der Waals surface area (Å²) in [6, 6.07) is 16.3. The number of nitriles is 1. The van der Waals surface area contributed by atoms with Gasteiger partial charge >= 0.3 is 0 Å². The van der Waals surface area contributed by atoms with E-state index in [0.29, 0.717) is 5.75 Å². The first-order valence-corrected chi connectivity index (χ1v) is 8.28. The van der Waals surface area contributed by atoms with E-state index in [4.69, 9.17) is 4.42 Å². The van der Waals surface area contributed by atoms with E-state index >= 15 is 0 Å². The van der Waals surface area contributed by atoms with Gasteiger partial charge in [-0.15, -0.1) is 0 Å². The van der Waals surface area contributed by atoms with Crippen molar-refractivity contribution in [2.75, 3.05) is 12.3 Å². The van der Waals surface area contributed by atoms with Crippen LogP contribution in [0.15, 0.2) is 53.1 Å². The third-order valence-corrected chi connectivity index (χ3v) is 4.40. The number of nitrogens with zero attached hydrogens (tertiary/aromatic N) is 1. The largest absolute Gasteiger partial charge is 0.468 e. The fourth-order valence-electron chi connectivity index (χ4n) is 2.13. The van der Waals surface area contributed by atoms with Crippen LogP contribution in [0.1, 0.15) is 24.7 Å². The van der Waals surface area contributed by atoms with E-state index in [2.05, 4.69) is 18.3 Å². The molecule has 1 N–H and O–H groups in total. The average molecular weight is 300 g/mol. The molecule has 4 heteroatoms. The molecule has 0 aliphatic heterocycles. The van der Waals surface area contributed by atoms with Crippen LogP contribution in [0, 0.1) is 11.3 Å². The fourth-order valence-corrected chi connectivity index (χ4v) is 3.24. The number of benzene rings is 1. The molecule has 1 unspecified atom stereocenters. The summed E-state index contributed by atoms with van der Waals surface area (Å²) < 4.78 is 5.34. The van der Waals surface area contributed by atoms with Gasteiger partial charge in [-0.3, -0.25) is 5.32 Å². The van der Waals surface area contributed by atoms with Gasteiger partial charge in [0.25, 0.3) is 0 Å². The molecule has 3 nitrogen and oxygen atoms in total. The SMILES string of the molecule is CCCNC(C#N)(CSCc1ccco1)c1ccccc1. The molecule has 0 fully saturated rings. The Morgan fingerprint density at radius 2 is 2.05 bits per heavy atom. The summed E-state index contributed by atoms with van der Waals surface area (Å²) in [6.45, 7) is 2.93. The Labute approximate surface area is 130 Å². The van der Waals surface area contributed by atoms with Crippen molar-refractivity contribution in [1.29, 1.82) is 5.26 Å². The van der Waals surface area contributed by atoms with E-state index in [1.54, 1.807) is 18.0 Å². The van der Waals surface area contributed by atoms with Crippen LogP contribution < -0.4 is 5.32 Å². The first-order valence-electron chi connectivity index (χ1n) is 7.12. The highest BCUT2D eigenvalue weighted by molar-refractivity contribution is 7.98. The molecular formula is C17H20N2OS. The maximum atomic E-state index is 9.76. The summed E-state index contributed by atoms with van der Waals surface area (Å²) in [5.41, 5.74) is 0.377. The molecule has 1 aromatic heterocycles. The Morgan fingerprint density at radius 3 is 2.67 bits per heavy atom. The van der Waals surface area contributed by atoms with Crippen molar-refractivity contribution in [2.45, 2.75) is 24.6 Å². The maximum absolute atomic E-state index is 9.76. The Bertz CT molecular complexity index is 562. The van der Waals surface area contributed by atoms with Crippen molar-refractivity contribution >= 4 is 11.8 Å². The van der Waals surface area contributed by atoms with Gasteiger partial charge < -0.3 is 4.42 Å². The molecule has 21 heavy (non-hydrogen) atoms. The molecule has 0 bridgehead atoms. The summed E-state index contributed by atoms with van der Waals surface area (Å²) >= 11 is 1.71. The third-order valence-electron chi connectivity index (χ3n) is 3.28. The van der Waals surface area contributed by atoms with Crippen LogP contribution in [-0.2, 0) is 11.3 Å². The second-order valence-electron chi connectivity index (χ2n) is 4.88. The van der Waals surface area contributed by atoms with Crippen LogP contribution in [0.25, 0.3) is 0 Å². The lowest BCUT2D eigenvalue weighted by molar-refractivity contribution is 0.473. The third kappa shape index (κ3) is 4.13. The predicted octanol–water partition coefficient (Wildman–Crippen LogP) is 3.93. The van der Waals surface area contributed by atoms with Gasteiger partial charge in [-0.05, 0) is 30.7 Å². The molecule has 0 aliphatic rings. The molecule has 110 valence electrons. The highest BCUT2D eigenvalue weighted by Crippen LogP contribution is 2.27. The molecule has 1 aromatic carbocycles. The highest BCUT2D eigenvalue weighted by atomic mass is 32.2. The maximum Gasteiger partial charge on any atom is 0.141 e. The van der Waals surface area contributed by atoms with E-state index in [1.807, 2.05) is 42.5 Å². The van der Waals surface area contributed by atoms with Crippen LogP contribution in [0.3, 0.4) is 0 Å². The molecule has 0 aliphatic carbocycles. The zero-order valence-corrected chi connectivity index (χ0v) is 13.0. The molecule has 1 atom stereocenters. The Hall–Kier alpha value is -1.70. The zero-order chi connectivity index (χ0) is 15.0. The second-order valence-corrected chi connectivity index (χ2v) is 5.87. The van der Waals surface area contributed by atoms with Crippen LogP contribution in [0.4, 0.5) is 0 Å². The number of nitrogens with one attached hydrogen (secondary N) is 1. The molecule has 0 radical (unpaired) electrons. The minimum atomic E-state index is -0.644. The molecule has 2 rings (SSSR count). The monoisotopic (exact) mass is 300 g/mol. The van der Waals surface area contributed by atoms with Crippen molar-refractivity contribution in [3.05, 3.63) is 60.1 Å². The smallest absolute Gasteiger partial charge is 0.141 e. The van der Waals surface area contributed by atoms with Crippen molar-refractivity contribution in [3.63, 3.8) is 0 Å². The van der Waals surface area contributed by atoms with E-state index < -0.39 is 5.54 Å². The summed E-state index contributed by atoms with van der Waals surface area (Å²) in [6.07, 6.45) is 2.68. The molecule has 0 spiro atoms. The topological polar surface area (TPSA) is 49.0 Å². The lowest BCUT2D eigenvalue weighted by Crippen LogP contribution is -2.44. The standard InChI is InChI=1S/C17H20N2OS/c1-2-10-19-17(13-18,15-7-4-3-5-8-15)14-21-12-16-9-6-11-20-16/h3-9,11,19H,2,10,12,14H2,1H3. The Morgan fingerprint density at radius 1 is 1.24 bits per heavy atom. The van der Waals surface area contributed by atoms with Gasteiger partial charge in [-0.2, -0.15) is 17.0 Å². The summed E-state index contributed by atoms with van der Waals surface area (Å²) in [5, 5.41) is 13.2. The zero-order valence-electron chi connectivity index (χ0n) is 12.2. The predicted molar refractivity (Wildman–Crippen MR) is 86.9 cm³/mol.